The number of anilines is 1. The summed E-state index contributed by atoms with van der Waals surface area (Å²) in [4.78, 5) is 26.3. The summed E-state index contributed by atoms with van der Waals surface area (Å²) in [5.74, 6) is -2.64. The van der Waals surface area contributed by atoms with Crippen molar-refractivity contribution in [2.75, 3.05) is 25.0 Å². The number of carbonyl (C=O) groups is 2. The molecule has 2 rings (SSSR count). The molecule has 5 nitrogen and oxygen atoms in total. The van der Waals surface area contributed by atoms with E-state index in [4.69, 9.17) is 0 Å². The molecule has 0 fully saturated rings. The van der Waals surface area contributed by atoms with Crippen molar-refractivity contribution < 1.29 is 18.4 Å². The number of rotatable bonds is 9. The number of hydrogen-bond donors (Lipinski definition) is 2. The van der Waals surface area contributed by atoms with Gasteiger partial charge in [0.25, 0.3) is 5.91 Å². The Kier molecular flexibility index (Phi) is 8.07. The highest BCUT2D eigenvalue weighted by Gasteiger charge is 2.12. The highest BCUT2D eigenvalue weighted by Crippen LogP contribution is 2.13. The predicted octanol–water partition coefficient (Wildman–Crippen LogP) is 3.57. The molecule has 2 amide bonds. The average molecular weight is 389 g/mol. The molecular weight excluding hydrogens is 364 g/mol. The molecule has 0 atom stereocenters. The molecule has 0 heterocycles. The van der Waals surface area contributed by atoms with Crippen molar-refractivity contribution in [3.05, 3.63) is 65.2 Å². The van der Waals surface area contributed by atoms with Crippen molar-refractivity contribution in [1.29, 1.82) is 0 Å². The van der Waals surface area contributed by atoms with Crippen LogP contribution in [0.25, 0.3) is 0 Å². The molecule has 0 saturated heterocycles. The van der Waals surface area contributed by atoms with Gasteiger partial charge in [0.15, 0.2) is 0 Å². The Morgan fingerprint density at radius 2 is 1.79 bits per heavy atom. The Balaban J connectivity index is 1.83. The number of hydrogen-bond acceptors (Lipinski definition) is 3. The van der Waals surface area contributed by atoms with Crippen molar-refractivity contribution in [3.8, 4) is 0 Å². The summed E-state index contributed by atoms with van der Waals surface area (Å²) in [6, 6.07) is 10.3. The van der Waals surface area contributed by atoms with Gasteiger partial charge in [-0.1, -0.05) is 26.0 Å². The normalized spacial score (nSPS) is 10.8. The number of benzene rings is 2. The summed E-state index contributed by atoms with van der Waals surface area (Å²) < 4.78 is 26.5. The van der Waals surface area contributed by atoms with Crippen LogP contribution in [0.3, 0.4) is 0 Å². The summed E-state index contributed by atoms with van der Waals surface area (Å²) in [6.45, 7) is 6.93. The maximum absolute atomic E-state index is 13.6. The van der Waals surface area contributed by atoms with E-state index in [1.165, 1.54) is 0 Å². The van der Waals surface area contributed by atoms with Crippen LogP contribution in [0.15, 0.2) is 42.5 Å². The highest BCUT2D eigenvalue weighted by molar-refractivity contribution is 5.95. The Bertz CT molecular complexity index is 823. The SMILES string of the molecule is CCN(CC)Cc1cccc(NC(=O)CCNC(=O)c2ccc(F)cc2F)c1. The first-order valence-corrected chi connectivity index (χ1v) is 9.27. The molecule has 7 heteroatoms. The number of carbonyl (C=O) groups excluding carboxylic acids is 2. The first-order valence-electron chi connectivity index (χ1n) is 9.27. The van der Waals surface area contributed by atoms with Gasteiger partial charge >= 0.3 is 0 Å². The Morgan fingerprint density at radius 1 is 1.04 bits per heavy atom. The third-order valence-electron chi connectivity index (χ3n) is 4.32. The smallest absolute Gasteiger partial charge is 0.254 e. The predicted molar refractivity (Wildman–Crippen MR) is 105 cm³/mol. The second-order valence-electron chi connectivity index (χ2n) is 6.34. The molecule has 0 aliphatic heterocycles. The Hall–Kier alpha value is -2.80. The van der Waals surface area contributed by atoms with Crippen molar-refractivity contribution in [1.82, 2.24) is 10.2 Å². The van der Waals surface area contributed by atoms with Crippen LogP contribution in [-0.2, 0) is 11.3 Å². The summed E-state index contributed by atoms with van der Waals surface area (Å²) in [5.41, 5.74) is 1.53. The van der Waals surface area contributed by atoms with E-state index in [1.807, 2.05) is 18.2 Å². The number of nitrogens with zero attached hydrogens (tertiary/aromatic N) is 1. The van der Waals surface area contributed by atoms with Gasteiger partial charge in [0.05, 0.1) is 5.56 Å². The molecule has 0 radical (unpaired) electrons. The van der Waals surface area contributed by atoms with E-state index in [-0.39, 0.29) is 24.4 Å². The van der Waals surface area contributed by atoms with E-state index in [1.54, 1.807) is 6.07 Å². The molecular formula is C21H25F2N3O2. The van der Waals surface area contributed by atoms with Crippen molar-refractivity contribution in [2.24, 2.45) is 0 Å². The molecule has 0 bridgehead atoms. The first-order chi connectivity index (χ1) is 13.4. The van der Waals surface area contributed by atoms with Crippen LogP contribution >= 0.6 is 0 Å². The maximum atomic E-state index is 13.6. The van der Waals surface area contributed by atoms with Gasteiger partial charge in [-0.25, -0.2) is 8.78 Å². The van der Waals surface area contributed by atoms with E-state index in [0.717, 1.165) is 37.3 Å². The van der Waals surface area contributed by atoms with Gasteiger partial charge in [0.2, 0.25) is 5.91 Å². The molecule has 0 aliphatic carbocycles. The minimum Gasteiger partial charge on any atom is -0.351 e. The summed E-state index contributed by atoms with van der Waals surface area (Å²) in [6.07, 6.45) is 0.0365. The van der Waals surface area contributed by atoms with Gasteiger partial charge in [0, 0.05) is 31.3 Å². The maximum Gasteiger partial charge on any atom is 0.254 e. The fraction of sp³-hybridized carbons (Fsp3) is 0.333. The van der Waals surface area contributed by atoms with E-state index >= 15 is 0 Å². The monoisotopic (exact) mass is 389 g/mol. The van der Waals surface area contributed by atoms with Crippen LogP contribution in [0.4, 0.5) is 14.5 Å². The molecule has 28 heavy (non-hydrogen) atoms. The lowest BCUT2D eigenvalue weighted by Crippen LogP contribution is -2.28. The summed E-state index contributed by atoms with van der Waals surface area (Å²) >= 11 is 0. The molecule has 0 spiro atoms. The molecule has 0 saturated carbocycles. The van der Waals surface area contributed by atoms with Gasteiger partial charge in [-0.15, -0.1) is 0 Å². The van der Waals surface area contributed by atoms with Gasteiger partial charge in [0.1, 0.15) is 11.6 Å². The van der Waals surface area contributed by atoms with Crippen LogP contribution in [0.2, 0.25) is 0 Å². The minimum atomic E-state index is -0.938. The number of nitrogens with one attached hydrogen (secondary N) is 2. The van der Waals surface area contributed by atoms with Gasteiger partial charge in [-0.05, 0) is 42.9 Å². The van der Waals surface area contributed by atoms with Gasteiger partial charge < -0.3 is 10.6 Å². The van der Waals surface area contributed by atoms with E-state index in [0.29, 0.717) is 11.8 Å². The lowest BCUT2D eigenvalue weighted by Gasteiger charge is -2.18. The van der Waals surface area contributed by atoms with Crippen molar-refractivity contribution >= 4 is 17.5 Å². The topological polar surface area (TPSA) is 61.4 Å². The van der Waals surface area contributed by atoms with Crippen molar-refractivity contribution in [3.63, 3.8) is 0 Å². The molecule has 0 aromatic heterocycles. The lowest BCUT2D eigenvalue weighted by molar-refractivity contribution is -0.116. The Morgan fingerprint density at radius 3 is 2.46 bits per heavy atom. The second-order valence-corrected chi connectivity index (χ2v) is 6.34. The fourth-order valence-electron chi connectivity index (χ4n) is 2.73. The second kappa shape index (κ2) is 10.5. The molecule has 2 aromatic carbocycles. The lowest BCUT2D eigenvalue weighted by atomic mass is 10.2. The van der Waals surface area contributed by atoms with Crippen molar-refractivity contribution in [2.45, 2.75) is 26.8 Å². The number of amides is 2. The largest absolute Gasteiger partial charge is 0.351 e. The third-order valence-corrected chi connectivity index (χ3v) is 4.32. The number of halogens is 2. The van der Waals surface area contributed by atoms with Gasteiger partial charge in [-0.2, -0.15) is 0 Å². The van der Waals surface area contributed by atoms with E-state index < -0.39 is 17.5 Å². The molecule has 2 aromatic rings. The minimum absolute atomic E-state index is 0.0365. The van der Waals surface area contributed by atoms with Crippen LogP contribution in [0.1, 0.15) is 36.2 Å². The zero-order valence-corrected chi connectivity index (χ0v) is 16.1. The van der Waals surface area contributed by atoms with E-state index in [9.17, 15) is 18.4 Å². The standard InChI is InChI=1S/C21H25F2N3O2/c1-3-26(4-2)14-15-6-5-7-17(12-15)25-20(27)10-11-24-21(28)18-9-8-16(22)13-19(18)23/h5-9,12-13H,3-4,10-11,14H2,1-2H3,(H,24,28)(H,25,27). The fourth-order valence-corrected chi connectivity index (χ4v) is 2.73. The molecule has 2 N–H and O–H groups in total. The van der Waals surface area contributed by atoms with Crippen LogP contribution < -0.4 is 10.6 Å². The first kappa shape index (κ1) is 21.5. The van der Waals surface area contributed by atoms with Gasteiger partial charge in [-0.3, -0.25) is 14.5 Å². The average Bonchev–Trinajstić information content (AvgIpc) is 2.66. The van der Waals surface area contributed by atoms with Crippen LogP contribution in [-0.4, -0.2) is 36.3 Å². The zero-order chi connectivity index (χ0) is 20.5. The summed E-state index contributed by atoms with van der Waals surface area (Å²) in [5, 5.41) is 5.25. The highest BCUT2D eigenvalue weighted by atomic mass is 19.1. The summed E-state index contributed by atoms with van der Waals surface area (Å²) in [7, 11) is 0. The molecule has 150 valence electrons. The third kappa shape index (κ3) is 6.42. The van der Waals surface area contributed by atoms with Crippen LogP contribution in [0.5, 0.6) is 0 Å². The Labute approximate surface area is 163 Å². The van der Waals surface area contributed by atoms with Crippen LogP contribution in [0, 0.1) is 11.6 Å². The molecule has 0 unspecified atom stereocenters. The zero-order valence-electron chi connectivity index (χ0n) is 16.1. The molecule has 0 aliphatic rings. The quantitative estimate of drug-likeness (QED) is 0.689. The van der Waals surface area contributed by atoms with E-state index in [2.05, 4.69) is 29.4 Å².